The van der Waals surface area contributed by atoms with Crippen LogP contribution in [0.2, 0.25) is 0 Å². The average molecular weight is 318 g/mol. The first-order valence-corrected chi connectivity index (χ1v) is 8.96. The van der Waals surface area contributed by atoms with E-state index < -0.39 is 21.5 Å². The van der Waals surface area contributed by atoms with E-state index in [1.54, 1.807) is 0 Å². The van der Waals surface area contributed by atoms with E-state index in [9.17, 15) is 17.2 Å². The zero-order valence-corrected chi connectivity index (χ0v) is 12.9. The van der Waals surface area contributed by atoms with Crippen molar-refractivity contribution in [3.63, 3.8) is 0 Å². The van der Waals surface area contributed by atoms with Gasteiger partial charge in [-0.15, -0.1) is 0 Å². The van der Waals surface area contributed by atoms with E-state index in [0.29, 0.717) is 18.7 Å². The molecule has 0 N–H and O–H groups in total. The number of hydrogen-bond donors (Lipinski definition) is 0. The lowest BCUT2D eigenvalue weighted by Gasteiger charge is -2.34. The first-order chi connectivity index (χ1) is 9.83. The van der Waals surface area contributed by atoms with Gasteiger partial charge in [-0.25, -0.2) is 17.2 Å². The molecule has 1 aromatic rings. The van der Waals surface area contributed by atoms with Gasteiger partial charge in [0.1, 0.15) is 21.5 Å². The minimum absolute atomic E-state index is 0.166. The van der Waals surface area contributed by atoms with Crippen LogP contribution in [0, 0.1) is 11.6 Å². The van der Waals surface area contributed by atoms with Crippen LogP contribution in [-0.4, -0.2) is 63.0 Å². The van der Waals surface area contributed by atoms with Gasteiger partial charge in [-0.1, -0.05) is 6.07 Å². The second kappa shape index (κ2) is 6.81. The maximum atomic E-state index is 13.6. The normalized spacial score (nSPS) is 18.0. The summed E-state index contributed by atoms with van der Waals surface area (Å²) in [6.07, 6.45) is 1.24. The van der Waals surface area contributed by atoms with Gasteiger partial charge in [0.25, 0.3) is 0 Å². The molecule has 1 saturated heterocycles. The molecule has 0 atom stereocenters. The van der Waals surface area contributed by atoms with Gasteiger partial charge in [0.2, 0.25) is 0 Å². The summed E-state index contributed by atoms with van der Waals surface area (Å²) in [5.74, 6) is -0.920. The molecule has 2 rings (SSSR count). The Hall–Kier alpha value is -1.05. The van der Waals surface area contributed by atoms with Gasteiger partial charge in [0.05, 0.1) is 5.75 Å². The molecule has 0 bridgehead atoms. The zero-order valence-electron chi connectivity index (χ0n) is 12.1. The maximum absolute atomic E-state index is 13.6. The molecule has 0 aliphatic carbocycles. The Bertz CT molecular complexity index is 585. The third kappa shape index (κ3) is 5.33. The minimum atomic E-state index is -2.94. The lowest BCUT2D eigenvalue weighted by molar-refractivity contribution is 0.131. The summed E-state index contributed by atoms with van der Waals surface area (Å²) in [6, 6.07) is 3.64. The highest BCUT2D eigenvalue weighted by Crippen LogP contribution is 2.13. The number of benzene rings is 1. The van der Waals surface area contributed by atoms with Crippen molar-refractivity contribution >= 4 is 9.84 Å². The fourth-order valence-corrected chi connectivity index (χ4v) is 2.95. The van der Waals surface area contributed by atoms with Crippen LogP contribution in [0.5, 0.6) is 0 Å². The molecule has 118 valence electrons. The molecule has 1 heterocycles. The predicted octanol–water partition coefficient (Wildman–Crippen LogP) is 1.13. The number of halogens is 2. The maximum Gasteiger partial charge on any atom is 0.148 e. The third-order valence-electron chi connectivity index (χ3n) is 3.65. The van der Waals surface area contributed by atoms with Gasteiger partial charge in [-0.3, -0.25) is 9.80 Å². The Labute approximate surface area is 124 Å². The van der Waals surface area contributed by atoms with Crippen molar-refractivity contribution in [1.82, 2.24) is 9.80 Å². The quantitative estimate of drug-likeness (QED) is 0.816. The molecular weight excluding hydrogens is 298 g/mol. The van der Waals surface area contributed by atoms with E-state index in [4.69, 9.17) is 0 Å². The smallest absolute Gasteiger partial charge is 0.148 e. The van der Waals surface area contributed by atoms with Crippen LogP contribution >= 0.6 is 0 Å². The minimum Gasteiger partial charge on any atom is -0.300 e. The van der Waals surface area contributed by atoms with Gasteiger partial charge in [-0.2, -0.15) is 0 Å². The third-order valence-corrected chi connectivity index (χ3v) is 4.58. The van der Waals surface area contributed by atoms with Crippen molar-refractivity contribution in [2.75, 3.05) is 44.7 Å². The van der Waals surface area contributed by atoms with Gasteiger partial charge in [0, 0.05) is 57.2 Å². The van der Waals surface area contributed by atoms with Gasteiger partial charge >= 0.3 is 0 Å². The molecule has 0 unspecified atom stereocenters. The monoisotopic (exact) mass is 318 g/mol. The lowest BCUT2D eigenvalue weighted by Crippen LogP contribution is -2.47. The number of hydrogen-bond acceptors (Lipinski definition) is 4. The average Bonchev–Trinajstić information content (AvgIpc) is 2.40. The Morgan fingerprint density at radius 3 is 2.29 bits per heavy atom. The highest BCUT2D eigenvalue weighted by molar-refractivity contribution is 7.90. The molecule has 0 saturated carbocycles. The number of nitrogens with zero attached hydrogens (tertiary/aromatic N) is 2. The summed E-state index contributed by atoms with van der Waals surface area (Å²) < 4.78 is 48.7. The van der Waals surface area contributed by atoms with Gasteiger partial charge in [0.15, 0.2) is 0 Å². The van der Waals surface area contributed by atoms with Crippen LogP contribution in [0.25, 0.3) is 0 Å². The first kappa shape index (κ1) is 16.3. The molecule has 0 radical (unpaired) electrons. The Kier molecular flexibility index (Phi) is 5.29. The largest absolute Gasteiger partial charge is 0.300 e. The highest BCUT2D eigenvalue weighted by atomic mass is 32.2. The Morgan fingerprint density at radius 1 is 1.10 bits per heavy atom. The topological polar surface area (TPSA) is 40.6 Å². The number of rotatable bonds is 5. The van der Waals surface area contributed by atoms with E-state index in [-0.39, 0.29) is 5.75 Å². The number of piperazine rings is 1. The lowest BCUT2D eigenvalue weighted by atomic mass is 10.2. The predicted molar refractivity (Wildman–Crippen MR) is 77.8 cm³/mol. The molecule has 1 aliphatic heterocycles. The van der Waals surface area contributed by atoms with Crippen molar-refractivity contribution in [2.24, 2.45) is 0 Å². The van der Waals surface area contributed by atoms with Gasteiger partial charge < -0.3 is 0 Å². The van der Waals surface area contributed by atoms with Crippen LogP contribution in [0.3, 0.4) is 0 Å². The van der Waals surface area contributed by atoms with E-state index in [2.05, 4.69) is 9.80 Å². The summed E-state index contributed by atoms with van der Waals surface area (Å²) in [5.41, 5.74) is 0.487. The van der Waals surface area contributed by atoms with Crippen LogP contribution < -0.4 is 0 Å². The molecule has 1 aliphatic rings. The molecule has 0 aromatic heterocycles. The van der Waals surface area contributed by atoms with E-state index in [1.165, 1.54) is 18.4 Å². The summed E-state index contributed by atoms with van der Waals surface area (Å²) in [4.78, 5) is 4.19. The van der Waals surface area contributed by atoms with Crippen LogP contribution in [0.15, 0.2) is 18.2 Å². The van der Waals surface area contributed by atoms with E-state index in [0.717, 1.165) is 32.2 Å². The summed E-state index contributed by atoms with van der Waals surface area (Å²) in [6.45, 7) is 4.02. The molecular formula is C14H20F2N2O2S. The number of sulfone groups is 1. The summed E-state index contributed by atoms with van der Waals surface area (Å²) in [7, 11) is -2.94. The van der Waals surface area contributed by atoms with Crippen molar-refractivity contribution in [3.8, 4) is 0 Å². The van der Waals surface area contributed by atoms with Crippen molar-refractivity contribution in [2.45, 2.75) is 6.54 Å². The molecule has 4 nitrogen and oxygen atoms in total. The molecule has 1 aromatic carbocycles. The fourth-order valence-electron chi connectivity index (χ4n) is 2.36. The second-order valence-corrected chi connectivity index (χ2v) is 7.74. The SMILES string of the molecule is CS(=O)(=O)CCN1CCN(Cc2ccc(F)cc2F)CC1. The van der Waals surface area contributed by atoms with Crippen molar-refractivity contribution in [1.29, 1.82) is 0 Å². The standard InChI is InChI=1S/C14H20F2N2O2S/c1-21(19,20)9-8-17-4-6-18(7-5-17)11-12-2-3-13(15)10-14(12)16/h2-3,10H,4-9,11H2,1H3. The van der Waals surface area contributed by atoms with Crippen LogP contribution in [0.1, 0.15) is 5.56 Å². The van der Waals surface area contributed by atoms with E-state index >= 15 is 0 Å². The van der Waals surface area contributed by atoms with Gasteiger partial charge in [-0.05, 0) is 6.07 Å². The molecule has 0 amide bonds. The Morgan fingerprint density at radius 2 is 1.71 bits per heavy atom. The summed E-state index contributed by atoms with van der Waals surface area (Å²) >= 11 is 0. The van der Waals surface area contributed by atoms with Crippen molar-refractivity contribution < 1.29 is 17.2 Å². The zero-order chi connectivity index (χ0) is 15.5. The molecule has 1 fully saturated rings. The fraction of sp³-hybridized carbons (Fsp3) is 0.571. The second-order valence-electron chi connectivity index (χ2n) is 5.48. The highest BCUT2D eigenvalue weighted by Gasteiger charge is 2.19. The summed E-state index contributed by atoms with van der Waals surface area (Å²) in [5, 5.41) is 0. The van der Waals surface area contributed by atoms with E-state index in [1.807, 2.05) is 0 Å². The van der Waals surface area contributed by atoms with Crippen LogP contribution in [-0.2, 0) is 16.4 Å². The van der Waals surface area contributed by atoms with Crippen molar-refractivity contribution in [3.05, 3.63) is 35.4 Å². The first-order valence-electron chi connectivity index (χ1n) is 6.90. The molecule has 7 heteroatoms. The molecule has 21 heavy (non-hydrogen) atoms. The van der Waals surface area contributed by atoms with Crippen LogP contribution in [0.4, 0.5) is 8.78 Å². The Balaban J connectivity index is 1.81. The molecule has 0 spiro atoms.